The van der Waals surface area contributed by atoms with Crippen molar-refractivity contribution in [2.75, 3.05) is 0 Å². The van der Waals surface area contributed by atoms with E-state index in [0.29, 0.717) is 5.92 Å². The summed E-state index contributed by atoms with van der Waals surface area (Å²) in [5, 5.41) is 0. The summed E-state index contributed by atoms with van der Waals surface area (Å²) in [5.74, 6) is 5.23. The van der Waals surface area contributed by atoms with E-state index in [0.717, 1.165) is 48.9 Å². The number of hydrogen-bond donors (Lipinski definition) is 0. The van der Waals surface area contributed by atoms with Crippen LogP contribution in [0.4, 0.5) is 0 Å². The molecule has 0 heterocycles. The molecule has 0 aliphatic heterocycles. The fourth-order valence-corrected chi connectivity index (χ4v) is 6.58. The van der Waals surface area contributed by atoms with Crippen molar-refractivity contribution in [3.05, 3.63) is 0 Å². The molecule has 2 nitrogen and oxygen atoms in total. The van der Waals surface area contributed by atoms with Gasteiger partial charge in [0.05, 0.1) is 5.92 Å². The predicted molar refractivity (Wildman–Crippen MR) is 82.6 cm³/mol. The van der Waals surface area contributed by atoms with Crippen molar-refractivity contribution in [3.63, 3.8) is 0 Å². The third kappa shape index (κ3) is 2.00. The van der Waals surface area contributed by atoms with Crippen molar-refractivity contribution >= 4 is 5.97 Å². The van der Waals surface area contributed by atoms with Crippen LogP contribution in [-0.4, -0.2) is 11.6 Å². The molecule has 0 radical (unpaired) electrons. The number of esters is 1. The van der Waals surface area contributed by atoms with Gasteiger partial charge in [-0.25, -0.2) is 0 Å². The Hall–Kier alpha value is -0.530. The van der Waals surface area contributed by atoms with Gasteiger partial charge < -0.3 is 4.74 Å². The second kappa shape index (κ2) is 4.73. The second-order valence-corrected chi connectivity index (χ2v) is 8.78. The first kappa shape index (κ1) is 14.1. The molecular formula is C19H30O2. The van der Waals surface area contributed by atoms with Gasteiger partial charge in [0.15, 0.2) is 0 Å². The first-order valence-corrected chi connectivity index (χ1v) is 9.23. The molecule has 4 rings (SSSR count). The summed E-state index contributed by atoms with van der Waals surface area (Å²) in [4.78, 5) is 12.8. The molecule has 7 atom stereocenters. The van der Waals surface area contributed by atoms with Crippen LogP contribution in [0.2, 0.25) is 0 Å². The van der Waals surface area contributed by atoms with Gasteiger partial charge in [0.25, 0.3) is 0 Å². The van der Waals surface area contributed by atoms with Crippen LogP contribution < -0.4 is 0 Å². The lowest BCUT2D eigenvalue weighted by molar-refractivity contribution is -0.165. The molecule has 0 aromatic carbocycles. The highest BCUT2D eigenvalue weighted by atomic mass is 16.6. The zero-order valence-corrected chi connectivity index (χ0v) is 13.8. The zero-order valence-electron chi connectivity index (χ0n) is 13.8. The summed E-state index contributed by atoms with van der Waals surface area (Å²) in [6.07, 6.45) is 8.34. The second-order valence-electron chi connectivity index (χ2n) is 8.78. The number of hydrogen-bond acceptors (Lipinski definition) is 2. The van der Waals surface area contributed by atoms with Crippen molar-refractivity contribution in [3.8, 4) is 0 Å². The number of ether oxygens (including phenoxy) is 1. The molecular weight excluding hydrogens is 260 g/mol. The first-order chi connectivity index (χ1) is 10.0. The highest BCUT2D eigenvalue weighted by molar-refractivity contribution is 5.74. The molecule has 0 saturated heterocycles. The Bertz CT molecular complexity index is 437. The Morgan fingerprint density at radius 3 is 2.38 bits per heavy atom. The lowest BCUT2D eigenvalue weighted by atomic mass is 9.69. The zero-order chi connectivity index (χ0) is 14.8. The minimum atomic E-state index is -0.147. The lowest BCUT2D eigenvalue weighted by Crippen LogP contribution is -2.38. The fourth-order valence-electron chi connectivity index (χ4n) is 6.58. The van der Waals surface area contributed by atoms with E-state index in [1.165, 1.54) is 25.7 Å². The number of carbonyl (C=O) groups is 1. The van der Waals surface area contributed by atoms with E-state index < -0.39 is 0 Å². The Morgan fingerprint density at radius 2 is 1.67 bits per heavy atom. The standard InChI is InChI=1S/C19H30O2/c1-11-12(2)16-10-15(11)13-6-7-14(17(13)16)18(20)21-19(3)8-4-5-9-19/h11-17H,4-10H2,1-3H3. The fraction of sp³-hybridized carbons (Fsp3) is 0.947. The molecule has 0 amide bonds. The Labute approximate surface area is 129 Å². The molecule has 2 heteroatoms. The summed E-state index contributed by atoms with van der Waals surface area (Å²) in [6.45, 7) is 7.01. The van der Waals surface area contributed by atoms with Crippen LogP contribution in [0.5, 0.6) is 0 Å². The molecule has 0 aromatic heterocycles. The number of carbonyl (C=O) groups excluding carboxylic acids is 1. The third-order valence-electron chi connectivity index (χ3n) is 7.85. The minimum absolute atomic E-state index is 0.147. The van der Waals surface area contributed by atoms with Crippen LogP contribution in [0.25, 0.3) is 0 Å². The largest absolute Gasteiger partial charge is 0.459 e. The van der Waals surface area contributed by atoms with Crippen LogP contribution in [-0.2, 0) is 9.53 Å². The average Bonchev–Trinajstić information content (AvgIpc) is 3.14. The summed E-state index contributed by atoms with van der Waals surface area (Å²) in [7, 11) is 0. The summed E-state index contributed by atoms with van der Waals surface area (Å²) >= 11 is 0. The van der Waals surface area contributed by atoms with E-state index >= 15 is 0 Å². The monoisotopic (exact) mass is 290 g/mol. The highest BCUT2D eigenvalue weighted by Gasteiger charge is 2.60. The van der Waals surface area contributed by atoms with Crippen molar-refractivity contribution < 1.29 is 9.53 Å². The SMILES string of the molecule is CC1C(C)C2CC1C1CCC(C(=O)OC3(C)CCCC3)C21. The molecule has 7 unspecified atom stereocenters. The molecule has 4 fully saturated rings. The van der Waals surface area contributed by atoms with Crippen LogP contribution in [0, 0.1) is 41.4 Å². The molecule has 118 valence electrons. The van der Waals surface area contributed by atoms with Crippen molar-refractivity contribution in [1.29, 1.82) is 0 Å². The molecule has 4 saturated carbocycles. The van der Waals surface area contributed by atoms with E-state index in [9.17, 15) is 4.79 Å². The maximum atomic E-state index is 12.8. The highest BCUT2D eigenvalue weighted by Crippen LogP contribution is 2.64. The molecule has 0 spiro atoms. The van der Waals surface area contributed by atoms with Gasteiger partial charge in [-0.05, 0) is 87.4 Å². The molecule has 0 N–H and O–H groups in total. The average molecular weight is 290 g/mol. The first-order valence-electron chi connectivity index (χ1n) is 9.23. The third-order valence-corrected chi connectivity index (χ3v) is 7.85. The van der Waals surface area contributed by atoms with Crippen molar-refractivity contribution in [1.82, 2.24) is 0 Å². The van der Waals surface area contributed by atoms with Gasteiger partial charge in [0.2, 0.25) is 0 Å². The van der Waals surface area contributed by atoms with E-state index in [2.05, 4.69) is 20.8 Å². The Kier molecular flexibility index (Phi) is 3.17. The lowest BCUT2D eigenvalue weighted by Gasteiger charge is -2.37. The molecule has 4 aliphatic rings. The van der Waals surface area contributed by atoms with Gasteiger partial charge in [-0.15, -0.1) is 0 Å². The van der Waals surface area contributed by atoms with Gasteiger partial charge in [0, 0.05) is 0 Å². The van der Waals surface area contributed by atoms with Crippen LogP contribution >= 0.6 is 0 Å². The van der Waals surface area contributed by atoms with Gasteiger partial charge in [-0.3, -0.25) is 4.79 Å². The maximum absolute atomic E-state index is 12.8. The van der Waals surface area contributed by atoms with Crippen molar-refractivity contribution in [2.45, 2.75) is 71.3 Å². The molecule has 4 aliphatic carbocycles. The summed E-state index contributed by atoms with van der Waals surface area (Å²) in [5.41, 5.74) is -0.147. The Balaban J connectivity index is 1.48. The van der Waals surface area contributed by atoms with Gasteiger partial charge >= 0.3 is 5.97 Å². The van der Waals surface area contributed by atoms with E-state index in [-0.39, 0.29) is 17.5 Å². The number of fused-ring (bicyclic) bond motifs is 5. The maximum Gasteiger partial charge on any atom is 0.309 e. The van der Waals surface area contributed by atoms with E-state index in [4.69, 9.17) is 4.74 Å². The van der Waals surface area contributed by atoms with E-state index in [1.54, 1.807) is 0 Å². The molecule has 21 heavy (non-hydrogen) atoms. The van der Waals surface area contributed by atoms with Crippen LogP contribution in [0.1, 0.15) is 65.7 Å². The van der Waals surface area contributed by atoms with Crippen LogP contribution in [0.15, 0.2) is 0 Å². The molecule has 0 aromatic rings. The van der Waals surface area contributed by atoms with Gasteiger partial charge in [0.1, 0.15) is 5.60 Å². The topological polar surface area (TPSA) is 26.3 Å². The minimum Gasteiger partial charge on any atom is -0.459 e. The summed E-state index contributed by atoms with van der Waals surface area (Å²) in [6, 6.07) is 0. The van der Waals surface area contributed by atoms with Crippen LogP contribution in [0.3, 0.4) is 0 Å². The summed E-state index contributed by atoms with van der Waals surface area (Å²) < 4.78 is 6.02. The van der Waals surface area contributed by atoms with Gasteiger partial charge in [-0.2, -0.15) is 0 Å². The quantitative estimate of drug-likeness (QED) is 0.703. The van der Waals surface area contributed by atoms with E-state index in [1.807, 2.05) is 0 Å². The number of rotatable bonds is 2. The predicted octanol–water partition coefficient (Wildman–Crippen LogP) is 4.43. The van der Waals surface area contributed by atoms with Crippen molar-refractivity contribution in [2.24, 2.45) is 41.4 Å². The molecule has 2 bridgehead atoms. The smallest absolute Gasteiger partial charge is 0.309 e. The normalized spacial score (nSPS) is 50.3. The Morgan fingerprint density at radius 1 is 1.00 bits per heavy atom. The van der Waals surface area contributed by atoms with Gasteiger partial charge in [-0.1, -0.05) is 13.8 Å².